The van der Waals surface area contributed by atoms with Gasteiger partial charge in [0, 0.05) is 4.90 Å². The van der Waals surface area contributed by atoms with E-state index in [1.54, 1.807) is 0 Å². The van der Waals surface area contributed by atoms with Crippen LogP contribution < -0.4 is 0 Å². The first-order chi connectivity index (χ1) is 5.22. The molecule has 1 aliphatic rings. The summed E-state index contributed by atoms with van der Waals surface area (Å²) in [7, 11) is 0. The van der Waals surface area contributed by atoms with E-state index in [4.69, 9.17) is 0 Å². The predicted molar refractivity (Wildman–Crippen MR) is 50.3 cm³/mol. The Morgan fingerprint density at radius 1 is 1.27 bits per heavy atom. The number of benzene rings is 1. The lowest BCUT2D eigenvalue weighted by atomic mass is 9.99. The first-order valence-electron chi connectivity index (χ1n) is 4.01. The average Bonchev–Trinajstić information content (AvgIpc) is 2.70. The molecule has 1 heteroatoms. The molecule has 1 saturated carbocycles. The smallest absolute Gasteiger partial charge is 0.00775 e. The molecule has 0 spiro atoms. The molecule has 0 radical (unpaired) electrons. The zero-order valence-electron chi connectivity index (χ0n) is 6.67. The van der Waals surface area contributed by atoms with E-state index in [-0.39, 0.29) is 0 Å². The number of thiol groups is 1. The molecule has 0 atom stereocenters. The summed E-state index contributed by atoms with van der Waals surface area (Å²) in [5, 5.41) is 0. The fourth-order valence-corrected chi connectivity index (χ4v) is 1.87. The zero-order valence-corrected chi connectivity index (χ0v) is 7.57. The second-order valence-electron chi connectivity index (χ2n) is 3.58. The quantitative estimate of drug-likeness (QED) is 0.606. The summed E-state index contributed by atoms with van der Waals surface area (Å²) in [4.78, 5) is 1.15. The predicted octanol–water partition coefficient (Wildman–Crippen LogP) is 3.03. The lowest BCUT2D eigenvalue weighted by Gasteiger charge is -2.10. The Kier molecular flexibility index (Phi) is 1.50. The average molecular weight is 164 g/mol. The van der Waals surface area contributed by atoms with Gasteiger partial charge in [-0.3, -0.25) is 0 Å². The standard InChI is InChI=1S/C10H12S/c1-10(6-7-10)8-4-2-3-5-9(8)11/h2-5,11H,6-7H2,1H3. The van der Waals surface area contributed by atoms with Gasteiger partial charge in [-0.2, -0.15) is 0 Å². The van der Waals surface area contributed by atoms with Crippen LogP contribution in [0.2, 0.25) is 0 Å². The normalized spacial score (nSPS) is 19.8. The van der Waals surface area contributed by atoms with Gasteiger partial charge in [0.2, 0.25) is 0 Å². The Morgan fingerprint density at radius 3 is 2.45 bits per heavy atom. The third kappa shape index (κ3) is 1.18. The maximum atomic E-state index is 4.43. The Balaban J connectivity index is 2.45. The molecule has 1 aliphatic carbocycles. The van der Waals surface area contributed by atoms with Crippen molar-refractivity contribution < 1.29 is 0 Å². The highest BCUT2D eigenvalue weighted by molar-refractivity contribution is 7.80. The van der Waals surface area contributed by atoms with E-state index in [2.05, 4.69) is 37.8 Å². The van der Waals surface area contributed by atoms with E-state index in [1.165, 1.54) is 18.4 Å². The molecular weight excluding hydrogens is 152 g/mol. The van der Waals surface area contributed by atoms with Crippen molar-refractivity contribution in [2.75, 3.05) is 0 Å². The molecular formula is C10H12S. The van der Waals surface area contributed by atoms with E-state index in [0.29, 0.717) is 5.41 Å². The van der Waals surface area contributed by atoms with E-state index in [9.17, 15) is 0 Å². The minimum Gasteiger partial charge on any atom is -0.143 e. The van der Waals surface area contributed by atoms with Crippen LogP contribution in [-0.2, 0) is 5.41 Å². The van der Waals surface area contributed by atoms with Crippen LogP contribution in [0.4, 0.5) is 0 Å². The van der Waals surface area contributed by atoms with E-state index in [1.807, 2.05) is 6.07 Å². The maximum Gasteiger partial charge on any atom is 0.00775 e. The van der Waals surface area contributed by atoms with Gasteiger partial charge in [0.25, 0.3) is 0 Å². The van der Waals surface area contributed by atoms with Crippen LogP contribution in [0.3, 0.4) is 0 Å². The SMILES string of the molecule is CC1(c2ccccc2S)CC1. The Labute approximate surface area is 73.0 Å². The van der Waals surface area contributed by atoms with Gasteiger partial charge in [-0.1, -0.05) is 25.1 Å². The van der Waals surface area contributed by atoms with Gasteiger partial charge in [-0.05, 0) is 29.9 Å². The fourth-order valence-electron chi connectivity index (χ4n) is 1.44. The van der Waals surface area contributed by atoms with Crippen molar-refractivity contribution in [3.63, 3.8) is 0 Å². The Morgan fingerprint density at radius 2 is 1.91 bits per heavy atom. The lowest BCUT2D eigenvalue weighted by molar-refractivity contribution is 0.767. The van der Waals surface area contributed by atoms with Crippen molar-refractivity contribution in [1.82, 2.24) is 0 Å². The second-order valence-corrected chi connectivity index (χ2v) is 4.06. The highest BCUT2D eigenvalue weighted by atomic mass is 32.1. The van der Waals surface area contributed by atoms with E-state index in [0.717, 1.165) is 4.90 Å². The molecule has 1 fully saturated rings. The molecule has 0 N–H and O–H groups in total. The van der Waals surface area contributed by atoms with Gasteiger partial charge in [-0.25, -0.2) is 0 Å². The van der Waals surface area contributed by atoms with Crippen molar-refractivity contribution >= 4 is 12.6 Å². The molecule has 0 aromatic heterocycles. The summed E-state index contributed by atoms with van der Waals surface area (Å²) in [5.41, 5.74) is 1.88. The molecule has 0 amide bonds. The van der Waals surface area contributed by atoms with Crippen molar-refractivity contribution in [3.05, 3.63) is 29.8 Å². The molecule has 0 nitrogen and oxygen atoms in total. The molecule has 0 aliphatic heterocycles. The van der Waals surface area contributed by atoms with Crippen LogP contribution in [-0.4, -0.2) is 0 Å². The summed E-state index contributed by atoms with van der Waals surface area (Å²) >= 11 is 4.43. The molecule has 11 heavy (non-hydrogen) atoms. The first kappa shape index (κ1) is 7.23. The van der Waals surface area contributed by atoms with Crippen molar-refractivity contribution in [3.8, 4) is 0 Å². The number of hydrogen-bond donors (Lipinski definition) is 1. The minimum atomic E-state index is 0.457. The van der Waals surface area contributed by atoms with Gasteiger partial charge >= 0.3 is 0 Å². The monoisotopic (exact) mass is 164 g/mol. The first-order valence-corrected chi connectivity index (χ1v) is 4.46. The summed E-state index contributed by atoms with van der Waals surface area (Å²) in [6.07, 6.45) is 2.65. The molecule has 0 unspecified atom stereocenters. The molecule has 0 heterocycles. The van der Waals surface area contributed by atoms with Gasteiger partial charge in [0.1, 0.15) is 0 Å². The van der Waals surface area contributed by atoms with Gasteiger partial charge in [0.15, 0.2) is 0 Å². The van der Waals surface area contributed by atoms with Gasteiger partial charge < -0.3 is 0 Å². The topological polar surface area (TPSA) is 0 Å². The van der Waals surface area contributed by atoms with Gasteiger partial charge in [-0.15, -0.1) is 12.6 Å². The van der Waals surface area contributed by atoms with Crippen LogP contribution in [0.25, 0.3) is 0 Å². The largest absolute Gasteiger partial charge is 0.143 e. The van der Waals surface area contributed by atoms with Crippen molar-refractivity contribution in [2.24, 2.45) is 0 Å². The number of rotatable bonds is 1. The lowest BCUT2D eigenvalue weighted by Crippen LogP contribution is -1.99. The third-order valence-corrected chi connectivity index (χ3v) is 2.94. The molecule has 2 rings (SSSR count). The van der Waals surface area contributed by atoms with E-state index >= 15 is 0 Å². The van der Waals surface area contributed by atoms with Crippen LogP contribution in [0.5, 0.6) is 0 Å². The second kappa shape index (κ2) is 2.28. The third-order valence-electron chi connectivity index (χ3n) is 2.55. The minimum absolute atomic E-state index is 0.457. The van der Waals surface area contributed by atoms with Gasteiger partial charge in [0.05, 0.1) is 0 Å². The highest BCUT2D eigenvalue weighted by Crippen LogP contribution is 2.49. The van der Waals surface area contributed by atoms with Crippen molar-refractivity contribution in [2.45, 2.75) is 30.1 Å². The zero-order chi connectivity index (χ0) is 7.90. The molecule has 1 aromatic carbocycles. The summed E-state index contributed by atoms with van der Waals surface area (Å²) in [6.45, 7) is 2.31. The van der Waals surface area contributed by atoms with Crippen LogP contribution in [0.1, 0.15) is 25.3 Å². The Hall–Kier alpha value is -0.430. The van der Waals surface area contributed by atoms with Crippen molar-refractivity contribution in [1.29, 1.82) is 0 Å². The fraction of sp³-hybridized carbons (Fsp3) is 0.400. The molecule has 58 valence electrons. The summed E-state index contributed by atoms with van der Waals surface area (Å²) in [6, 6.07) is 8.40. The maximum absolute atomic E-state index is 4.43. The molecule has 1 aromatic rings. The highest BCUT2D eigenvalue weighted by Gasteiger charge is 2.39. The molecule has 0 bridgehead atoms. The van der Waals surface area contributed by atoms with Crippen LogP contribution in [0.15, 0.2) is 29.2 Å². The van der Waals surface area contributed by atoms with Crippen LogP contribution >= 0.6 is 12.6 Å². The number of hydrogen-bond acceptors (Lipinski definition) is 1. The Bertz CT molecular complexity index is 274. The summed E-state index contributed by atoms with van der Waals surface area (Å²) in [5.74, 6) is 0. The van der Waals surface area contributed by atoms with Crippen LogP contribution in [0, 0.1) is 0 Å². The van der Waals surface area contributed by atoms with E-state index < -0.39 is 0 Å². The molecule has 0 saturated heterocycles. The summed E-state index contributed by atoms with van der Waals surface area (Å²) < 4.78 is 0.